The van der Waals surface area contributed by atoms with Crippen LogP contribution in [-0.4, -0.2) is 22.4 Å². The Balaban J connectivity index is 2.69. The molecule has 0 fully saturated rings. The lowest BCUT2D eigenvalue weighted by Gasteiger charge is -2.09. The van der Waals surface area contributed by atoms with Crippen molar-refractivity contribution in [1.82, 2.24) is 9.97 Å². The number of nitrogens with zero attached hydrogens (tertiary/aromatic N) is 2. The van der Waals surface area contributed by atoms with E-state index < -0.39 is 0 Å². The van der Waals surface area contributed by atoms with E-state index in [0.29, 0.717) is 13.0 Å². The van der Waals surface area contributed by atoms with Crippen molar-refractivity contribution in [2.24, 2.45) is 5.73 Å². The van der Waals surface area contributed by atoms with Crippen molar-refractivity contribution in [3.05, 3.63) is 17.6 Å². The normalized spacial score (nSPS) is 10.5. The molecule has 0 saturated heterocycles. The van der Waals surface area contributed by atoms with Crippen LogP contribution in [0.15, 0.2) is 6.07 Å². The second-order valence-corrected chi connectivity index (χ2v) is 4.05. The van der Waals surface area contributed by atoms with Gasteiger partial charge in [0, 0.05) is 30.6 Å². The summed E-state index contributed by atoms with van der Waals surface area (Å²) in [6.45, 7) is 6.51. The third-order valence-electron chi connectivity index (χ3n) is 2.07. The summed E-state index contributed by atoms with van der Waals surface area (Å²) in [5.41, 5.74) is 5.97. The average molecular weight is 222 g/mol. The Bertz CT molecular complexity index is 376. The van der Waals surface area contributed by atoms with E-state index in [1.807, 2.05) is 26.8 Å². The molecule has 0 atom stereocenters. The highest BCUT2D eigenvalue weighted by Gasteiger charge is 2.05. The lowest BCUT2D eigenvalue weighted by atomic mass is 10.2. The fourth-order valence-corrected chi connectivity index (χ4v) is 1.25. The minimum Gasteiger partial charge on any atom is -0.370 e. The summed E-state index contributed by atoms with van der Waals surface area (Å²) in [7, 11) is 0. The minimum absolute atomic E-state index is 0.289. The third kappa shape index (κ3) is 3.84. The van der Waals surface area contributed by atoms with E-state index in [1.165, 1.54) is 0 Å². The van der Waals surface area contributed by atoms with Crippen LogP contribution in [0.2, 0.25) is 0 Å². The van der Waals surface area contributed by atoms with Crippen molar-refractivity contribution in [2.75, 3.05) is 11.9 Å². The fourth-order valence-electron chi connectivity index (χ4n) is 1.25. The number of aryl methyl sites for hydroxylation is 1. The van der Waals surface area contributed by atoms with E-state index >= 15 is 0 Å². The van der Waals surface area contributed by atoms with Gasteiger partial charge in [0.1, 0.15) is 11.6 Å². The van der Waals surface area contributed by atoms with Crippen molar-refractivity contribution in [1.29, 1.82) is 0 Å². The molecule has 1 heterocycles. The topological polar surface area (TPSA) is 80.9 Å². The molecule has 0 spiro atoms. The number of rotatable bonds is 5. The molecule has 0 aromatic carbocycles. The molecule has 1 rings (SSSR count). The predicted molar refractivity (Wildman–Crippen MR) is 63.2 cm³/mol. The first-order chi connectivity index (χ1) is 7.49. The Hall–Kier alpha value is -1.65. The summed E-state index contributed by atoms with van der Waals surface area (Å²) < 4.78 is 0. The molecule has 1 aromatic rings. The van der Waals surface area contributed by atoms with Crippen LogP contribution in [0.1, 0.15) is 37.7 Å². The van der Waals surface area contributed by atoms with Crippen LogP contribution in [0.5, 0.6) is 0 Å². The number of aromatic nitrogens is 2. The van der Waals surface area contributed by atoms with E-state index in [0.717, 1.165) is 17.3 Å². The summed E-state index contributed by atoms with van der Waals surface area (Å²) in [6.07, 6.45) is 0.306. The zero-order chi connectivity index (χ0) is 12.1. The Morgan fingerprint density at radius 1 is 1.50 bits per heavy atom. The second-order valence-electron chi connectivity index (χ2n) is 4.05. The Kier molecular flexibility index (Phi) is 4.22. The number of hydrogen-bond acceptors (Lipinski definition) is 4. The highest BCUT2D eigenvalue weighted by Crippen LogP contribution is 2.13. The van der Waals surface area contributed by atoms with Gasteiger partial charge in [0.05, 0.1) is 0 Å². The van der Waals surface area contributed by atoms with Crippen LogP contribution >= 0.6 is 0 Å². The lowest BCUT2D eigenvalue weighted by Crippen LogP contribution is -2.16. The fraction of sp³-hybridized carbons (Fsp3) is 0.545. The van der Waals surface area contributed by atoms with Gasteiger partial charge in [-0.25, -0.2) is 9.97 Å². The molecule has 16 heavy (non-hydrogen) atoms. The molecule has 0 aliphatic carbocycles. The molecule has 0 radical (unpaired) electrons. The van der Waals surface area contributed by atoms with Gasteiger partial charge in [-0.05, 0) is 6.92 Å². The van der Waals surface area contributed by atoms with E-state index in [-0.39, 0.29) is 11.8 Å². The second kappa shape index (κ2) is 5.44. The number of nitrogens with one attached hydrogen (secondary N) is 1. The molecular weight excluding hydrogens is 204 g/mol. The predicted octanol–water partition coefficient (Wildman–Crippen LogP) is 1.20. The van der Waals surface area contributed by atoms with Gasteiger partial charge >= 0.3 is 0 Å². The highest BCUT2D eigenvalue weighted by molar-refractivity contribution is 5.74. The van der Waals surface area contributed by atoms with E-state index in [2.05, 4.69) is 15.3 Å². The van der Waals surface area contributed by atoms with Crippen molar-refractivity contribution in [3.8, 4) is 0 Å². The molecule has 5 nitrogen and oxygen atoms in total. The first kappa shape index (κ1) is 12.4. The van der Waals surface area contributed by atoms with Crippen LogP contribution in [-0.2, 0) is 4.79 Å². The summed E-state index contributed by atoms with van der Waals surface area (Å²) >= 11 is 0. The maximum atomic E-state index is 10.6. The maximum Gasteiger partial charge on any atom is 0.219 e. The van der Waals surface area contributed by atoms with Gasteiger partial charge in [-0.15, -0.1) is 0 Å². The van der Waals surface area contributed by atoms with Crippen LogP contribution in [0.25, 0.3) is 0 Å². The smallest absolute Gasteiger partial charge is 0.219 e. The van der Waals surface area contributed by atoms with Gasteiger partial charge in [0.2, 0.25) is 5.91 Å². The van der Waals surface area contributed by atoms with Crippen molar-refractivity contribution < 1.29 is 4.79 Å². The Labute approximate surface area is 95.5 Å². The zero-order valence-electron chi connectivity index (χ0n) is 9.95. The number of amides is 1. The van der Waals surface area contributed by atoms with Gasteiger partial charge in [-0.1, -0.05) is 13.8 Å². The van der Waals surface area contributed by atoms with Gasteiger partial charge in [-0.3, -0.25) is 4.79 Å². The number of hydrogen-bond donors (Lipinski definition) is 2. The monoisotopic (exact) mass is 222 g/mol. The first-order valence-corrected chi connectivity index (χ1v) is 5.37. The van der Waals surface area contributed by atoms with Crippen molar-refractivity contribution in [2.45, 2.75) is 33.1 Å². The standard InChI is InChI=1S/C11H18N4O/c1-7(2)11-14-8(3)6-10(15-11)13-5-4-9(12)16/h6-7H,4-5H2,1-3H3,(H2,12,16)(H,13,14,15). The van der Waals surface area contributed by atoms with Crippen molar-refractivity contribution in [3.63, 3.8) is 0 Å². The van der Waals surface area contributed by atoms with E-state index in [9.17, 15) is 4.79 Å². The van der Waals surface area contributed by atoms with Gasteiger partial charge in [0.15, 0.2) is 0 Å². The number of primary amides is 1. The number of nitrogens with two attached hydrogens (primary N) is 1. The molecule has 0 saturated carbocycles. The average Bonchev–Trinajstić information content (AvgIpc) is 2.16. The van der Waals surface area contributed by atoms with Crippen LogP contribution in [0, 0.1) is 6.92 Å². The molecule has 3 N–H and O–H groups in total. The number of anilines is 1. The van der Waals surface area contributed by atoms with E-state index in [4.69, 9.17) is 5.73 Å². The molecule has 0 bridgehead atoms. The molecule has 0 aliphatic rings. The number of carbonyl (C=O) groups excluding carboxylic acids is 1. The number of carbonyl (C=O) groups is 1. The highest BCUT2D eigenvalue weighted by atomic mass is 16.1. The molecule has 0 unspecified atom stereocenters. The zero-order valence-corrected chi connectivity index (χ0v) is 9.95. The van der Waals surface area contributed by atoms with Gasteiger partial charge in [0.25, 0.3) is 0 Å². The molecular formula is C11H18N4O. The molecule has 0 aliphatic heterocycles. The summed E-state index contributed by atoms with van der Waals surface area (Å²) in [5.74, 6) is 1.53. The first-order valence-electron chi connectivity index (χ1n) is 5.37. The molecule has 5 heteroatoms. The van der Waals surface area contributed by atoms with Gasteiger partial charge in [-0.2, -0.15) is 0 Å². The third-order valence-corrected chi connectivity index (χ3v) is 2.07. The minimum atomic E-state index is -0.317. The van der Waals surface area contributed by atoms with Gasteiger partial charge < -0.3 is 11.1 Å². The Morgan fingerprint density at radius 3 is 2.75 bits per heavy atom. The maximum absolute atomic E-state index is 10.6. The van der Waals surface area contributed by atoms with Crippen LogP contribution in [0.4, 0.5) is 5.82 Å². The molecule has 88 valence electrons. The largest absolute Gasteiger partial charge is 0.370 e. The SMILES string of the molecule is Cc1cc(NCCC(N)=O)nc(C(C)C)n1. The summed E-state index contributed by atoms with van der Waals surface area (Å²) in [6, 6.07) is 1.85. The van der Waals surface area contributed by atoms with E-state index in [1.54, 1.807) is 0 Å². The van der Waals surface area contributed by atoms with Crippen LogP contribution < -0.4 is 11.1 Å². The molecule has 1 aromatic heterocycles. The quantitative estimate of drug-likeness (QED) is 0.784. The van der Waals surface area contributed by atoms with Crippen molar-refractivity contribution >= 4 is 11.7 Å². The van der Waals surface area contributed by atoms with Crippen LogP contribution in [0.3, 0.4) is 0 Å². The summed E-state index contributed by atoms with van der Waals surface area (Å²) in [4.78, 5) is 19.3. The lowest BCUT2D eigenvalue weighted by molar-refractivity contribution is -0.117. The molecule has 1 amide bonds. The summed E-state index contributed by atoms with van der Waals surface area (Å²) in [5, 5.41) is 3.06. The Morgan fingerprint density at radius 2 is 2.19 bits per heavy atom.